The van der Waals surface area contributed by atoms with Crippen LogP contribution in [0.1, 0.15) is 77.6 Å². The summed E-state index contributed by atoms with van der Waals surface area (Å²) in [7, 11) is 0. The van der Waals surface area contributed by atoms with Gasteiger partial charge >= 0.3 is 0 Å². The molecule has 0 saturated carbocycles. The van der Waals surface area contributed by atoms with Gasteiger partial charge in [-0.1, -0.05) is 55.4 Å². The van der Waals surface area contributed by atoms with Crippen molar-refractivity contribution in [2.24, 2.45) is 0 Å². The Morgan fingerprint density at radius 1 is 0.750 bits per heavy atom. The van der Waals surface area contributed by atoms with E-state index in [-0.39, 0.29) is 83.7 Å². The smallest absolute Gasteiger partial charge is 0 e. The molecule has 2 aromatic rings. The summed E-state index contributed by atoms with van der Waals surface area (Å²) in [6, 6.07) is 19.1. The molecule has 0 aromatic heterocycles. The molecule has 2 aromatic carbocycles. The third-order valence-corrected chi connectivity index (χ3v) is 4.17. The van der Waals surface area contributed by atoms with E-state index in [1.54, 1.807) is 0 Å². The van der Waals surface area contributed by atoms with Crippen LogP contribution in [-0.4, -0.2) is 0 Å². The van der Waals surface area contributed by atoms with Gasteiger partial charge in [0.1, 0.15) is 0 Å². The summed E-state index contributed by atoms with van der Waals surface area (Å²) in [5.41, 5.74) is 5.70. The summed E-state index contributed by atoms with van der Waals surface area (Å²) in [4.78, 5) is 0. The third-order valence-electron chi connectivity index (χ3n) is 4.17. The number of aryl methyl sites for hydroxylation is 1. The fourth-order valence-corrected chi connectivity index (χ4v) is 2.44. The molecule has 2 heteroatoms. The van der Waals surface area contributed by atoms with Gasteiger partial charge in [0.05, 0.1) is 0 Å². The molecule has 0 aliphatic heterocycles. The maximum atomic E-state index is 3.85. The fraction of sp³-hybridized carbons (Fsp3) is 0.462. The Morgan fingerprint density at radius 3 is 1.50 bits per heavy atom. The molecule has 0 bridgehead atoms. The molecule has 152 valence electrons. The first-order chi connectivity index (χ1) is 11.6. The molecular formula is C26H38Y2-4. The Labute approximate surface area is 226 Å². The normalized spacial score (nSPS) is 10.4. The van der Waals surface area contributed by atoms with Gasteiger partial charge in [-0.05, 0) is 10.8 Å². The van der Waals surface area contributed by atoms with Crippen LogP contribution in [0.4, 0.5) is 0 Å². The second-order valence-electron chi connectivity index (χ2n) is 8.56. The van der Waals surface area contributed by atoms with Crippen molar-refractivity contribution in [1.82, 2.24) is 0 Å². The Kier molecular flexibility index (Phi) is 18.4. The molecule has 0 amide bonds. The fourth-order valence-electron chi connectivity index (χ4n) is 2.44. The third kappa shape index (κ3) is 12.4. The van der Waals surface area contributed by atoms with Gasteiger partial charge in [-0.2, -0.15) is 83.6 Å². The molecule has 0 unspecified atom stereocenters. The van der Waals surface area contributed by atoms with Crippen LogP contribution in [0.15, 0.2) is 36.4 Å². The summed E-state index contributed by atoms with van der Waals surface area (Å²) >= 11 is 0. The number of benzene rings is 2. The van der Waals surface area contributed by atoms with Crippen LogP contribution in [0.2, 0.25) is 0 Å². The van der Waals surface area contributed by atoms with E-state index in [4.69, 9.17) is 0 Å². The van der Waals surface area contributed by atoms with Crippen LogP contribution in [0.3, 0.4) is 0 Å². The van der Waals surface area contributed by atoms with Crippen LogP contribution < -0.4 is 0 Å². The van der Waals surface area contributed by atoms with Crippen molar-refractivity contribution in [3.05, 3.63) is 84.6 Å². The Balaban J connectivity index is -0.000000404. The van der Waals surface area contributed by atoms with Gasteiger partial charge in [-0.3, -0.25) is 0 Å². The van der Waals surface area contributed by atoms with E-state index in [0.29, 0.717) is 0 Å². The predicted molar refractivity (Wildman–Crippen MR) is 117 cm³/mol. The Morgan fingerprint density at radius 2 is 1.14 bits per heavy atom. The standard InChI is InChI=1S/C13H18.C12H16.CH4.2Y/c1-5-7-11-8-6-9-12(10-11)13(2,3)4;1-5-10-7-6-8-11(9-10)12(2,3)4;;;/h6,9-10H,1,5,7H2,2-4H3;6,8-9H,1,5H2,2-4H3;1H4;;/q2*-2;;;. The van der Waals surface area contributed by atoms with E-state index >= 15 is 0 Å². The zero-order valence-electron chi connectivity index (χ0n) is 18.2. The van der Waals surface area contributed by atoms with Crippen molar-refractivity contribution in [2.75, 3.05) is 0 Å². The van der Waals surface area contributed by atoms with Gasteiger partial charge in [0.2, 0.25) is 0 Å². The molecule has 2 rings (SSSR count). The zero-order chi connectivity index (χ0) is 19.1. The Hall–Kier alpha value is 0.648. The summed E-state index contributed by atoms with van der Waals surface area (Å²) in [6.45, 7) is 21.1. The van der Waals surface area contributed by atoms with Crippen molar-refractivity contribution < 1.29 is 65.4 Å². The SMILES string of the molecule is C.[CH2-]CCc1[c-]ccc(C(C)(C)C)c1.[CH2-]Cc1[c-]ccc(C(C)(C)C)c1.[Y].[Y]. The molecule has 2 radical (unpaired) electrons. The van der Waals surface area contributed by atoms with Crippen molar-refractivity contribution in [3.8, 4) is 0 Å². The molecule has 0 fully saturated rings. The molecular weight excluding hydrogens is 490 g/mol. The molecule has 0 atom stereocenters. The van der Waals surface area contributed by atoms with Crippen LogP contribution in [-0.2, 0) is 89.1 Å². The quantitative estimate of drug-likeness (QED) is 0.366. The van der Waals surface area contributed by atoms with Crippen molar-refractivity contribution in [1.29, 1.82) is 0 Å². The van der Waals surface area contributed by atoms with Gasteiger partial charge < -0.3 is 13.8 Å². The van der Waals surface area contributed by atoms with Crippen LogP contribution >= 0.6 is 0 Å². The maximum absolute atomic E-state index is 3.85. The molecule has 28 heavy (non-hydrogen) atoms. The molecule has 0 aliphatic carbocycles. The van der Waals surface area contributed by atoms with E-state index in [0.717, 1.165) is 19.3 Å². The maximum Gasteiger partial charge on any atom is 0 e. The first kappa shape index (κ1) is 33.3. The molecule has 0 aliphatic rings. The first-order valence-corrected chi connectivity index (χ1v) is 9.18. The average Bonchev–Trinajstić information content (AvgIpc) is 2.54. The van der Waals surface area contributed by atoms with Crippen LogP contribution in [0.5, 0.6) is 0 Å². The minimum Gasteiger partial charge on any atom is -0.343 e. The number of rotatable bonds is 3. The summed E-state index contributed by atoms with van der Waals surface area (Å²) in [6.07, 6.45) is 2.80. The van der Waals surface area contributed by atoms with Gasteiger partial charge in [0.25, 0.3) is 0 Å². The van der Waals surface area contributed by atoms with E-state index in [2.05, 4.69) is 91.8 Å². The molecule has 0 nitrogen and oxygen atoms in total. The van der Waals surface area contributed by atoms with E-state index in [1.165, 1.54) is 22.3 Å². The second-order valence-corrected chi connectivity index (χ2v) is 8.56. The van der Waals surface area contributed by atoms with Gasteiger partial charge in [-0.25, -0.2) is 0 Å². The van der Waals surface area contributed by atoms with Crippen LogP contribution in [0.25, 0.3) is 0 Å². The number of hydrogen-bond donors (Lipinski definition) is 0. The van der Waals surface area contributed by atoms with E-state index < -0.39 is 0 Å². The van der Waals surface area contributed by atoms with Gasteiger partial charge in [-0.15, -0.1) is 0 Å². The second kappa shape index (κ2) is 15.4. The average molecular weight is 528 g/mol. The van der Waals surface area contributed by atoms with E-state index in [1.807, 2.05) is 12.1 Å². The van der Waals surface area contributed by atoms with E-state index in [9.17, 15) is 0 Å². The molecule has 0 N–H and O–H groups in total. The van der Waals surface area contributed by atoms with Gasteiger partial charge in [0, 0.05) is 65.4 Å². The van der Waals surface area contributed by atoms with Crippen molar-refractivity contribution in [3.63, 3.8) is 0 Å². The summed E-state index contributed by atoms with van der Waals surface area (Å²) in [5, 5.41) is 0. The topological polar surface area (TPSA) is 0 Å². The van der Waals surface area contributed by atoms with Crippen molar-refractivity contribution in [2.45, 2.75) is 79.1 Å². The van der Waals surface area contributed by atoms with Crippen molar-refractivity contribution >= 4 is 0 Å². The summed E-state index contributed by atoms with van der Waals surface area (Å²) < 4.78 is 0. The monoisotopic (exact) mass is 528 g/mol. The Bertz CT molecular complexity index is 646. The summed E-state index contributed by atoms with van der Waals surface area (Å²) in [5.74, 6) is 0. The minimum absolute atomic E-state index is 0. The zero-order valence-corrected chi connectivity index (χ0v) is 23.8. The minimum atomic E-state index is 0. The molecule has 0 saturated heterocycles. The molecule has 0 spiro atoms. The predicted octanol–water partition coefficient (Wildman–Crippen LogP) is 7.34. The first-order valence-electron chi connectivity index (χ1n) is 9.18. The number of hydrogen-bond acceptors (Lipinski definition) is 0. The van der Waals surface area contributed by atoms with Gasteiger partial charge in [0.15, 0.2) is 0 Å². The largest absolute Gasteiger partial charge is 0.343 e. The molecule has 0 heterocycles. The van der Waals surface area contributed by atoms with Crippen LogP contribution in [0, 0.1) is 26.0 Å².